The Balaban J connectivity index is 1.96. The zero-order chi connectivity index (χ0) is 13.6. The van der Waals surface area contributed by atoms with Crippen LogP contribution in [0.25, 0.3) is 11.0 Å². The van der Waals surface area contributed by atoms with E-state index in [4.69, 9.17) is 0 Å². The van der Waals surface area contributed by atoms with Gasteiger partial charge in [0.25, 0.3) is 0 Å². The van der Waals surface area contributed by atoms with Crippen LogP contribution in [0.3, 0.4) is 0 Å². The van der Waals surface area contributed by atoms with E-state index in [1.54, 1.807) is 6.33 Å². The molecule has 0 saturated heterocycles. The predicted octanol–water partition coefficient (Wildman–Crippen LogP) is 3.22. The molecule has 0 radical (unpaired) electrons. The second-order valence-electron chi connectivity index (χ2n) is 6.67. The molecule has 0 spiro atoms. The van der Waals surface area contributed by atoms with Crippen molar-refractivity contribution in [3.63, 3.8) is 0 Å². The summed E-state index contributed by atoms with van der Waals surface area (Å²) in [5.74, 6) is 1.74. The molecule has 4 nitrogen and oxygen atoms in total. The molecule has 3 rings (SSSR count). The Hall–Kier alpha value is -1.58. The van der Waals surface area contributed by atoms with Gasteiger partial charge < -0.3 is 9.88 Å². The van der Waals surface area contributed by atoms with Gasteiger partial charge in [-0.2, -0.15) is 0 Å². The van der Waals surface area contributed by atoms with E-state index in [-0.39, 0.29) is 0 Å². The van der Waals surface area contributed by atoms with Gasteiger partial charge in [-0.05, 0) is 30.2 Å². The molecule has 1 N–H and O–H groups in total. The lowest BCUT2D eigenvalue weighted by Crippen LogP contribution is -2.34. The number of nitrogens with zero attached hydrogens (tertiary/aromatic N) is 3. The van der Waals surface area contributed by atoms with E-state index in [2.05, 4.69) is 53.7 Å². The molecule has 19 heavy (non-hydrogen) atoms. The van der Waals surface area contributed by atoms with E-state index < -0.39 is 0 Å². The van der Waals surface area contributed by atoms with Gasteiger partial charge in [-0.1, -0.05) is 20.8 Å². The third kappa shape index (κ3) is 2.09. The highest BCUT2D eigenvalue weighted by Gasteiger charge is 2.39. The normalized spacial score (nSPS) is 25.9. The van der Waals surface area contributed by atoms with E-state index in [0.29, 0.717) is 17.4 Å². The van der Waals surface area contributed by atoms with Gasteiger partial charge in [0.15, 0.2) is 0 Å². The highest BCUT2D eigenvalue weighted by molar-refractivity contribution is 5.87. The minimum absolute atomic E-state index is 0.433. The summed E-state index contributed by atoms with van der Waals surface area (Å²) < 4.78 is 0. The number of aromatic amines is 1. The van der Waals surface area contributed by atoms with Gasteiger partial charge in [0.05, 0.1) is 5.39 Å². The van der Waals surface area contributed by atoms with Crippen molar-refractivity contribution in [1.29, 1.82) is 0 Å². The number of aromatic nitrogens is 3. The van der Waals surface area contributed by atoms with E-state index in [9.17, 15) is 0 Å². The molecule has 4 heteroatoms. The number of hydrogen-bond acceptors (Lipinski definition) is 3. The molecule has 2 aromatic heterocycles. The smallest absolute Gasteiger partial charge is 0.142 e. The third-order valence-corrected chi connectivity index (χ3v) is 4.46. The Morgan fingerprint density at radius 3 is 2.79 bits per heavy atom. The number of nitrogens with one attached hydrogen (secondary N) is 1. The lowest BCUT2D eigenvalue weighted by Gasteiger charge is -2.29. The summed E-state index contributed by atoms with van der Waals surface area (Å²) in [6.45, 7) is 7.08. The van der Waals surface area contributed by atoms with Gasteiger partial charge >= 0.3 is 0 Å². The zero-order valence-electron chi connectivity index (χ0n) is 12.1. The molecule has 0 aliphatic heterocycles. The van der Waals surface area contributed by atoms with Gasteiger partial charge in [-0.25, -0.2) is 9.97 Å². The lowest BCUT2D eigenvalue weighted by molar-refractivity contribution is 0.365. The first-order chi connectivity index (χ1) is 8.98. The molecule has 2 heterocycles. The summed E-state index contributed by atoms with van der Waals surface area (Å²) in [5.41, 5.74) is 1.35. The van der Waals surface area contributed by atoms with Crippen molar-refractivity contribution in [1.82, 2.24) is 15.0 Å². The molecule has 0 amide bonds. The van der Waals surface area contributed by atoms with Crippen LogP contribution in [0.1, 0.15) is 33.6 Å². The SMILES string of the molecule is CC1CC(C)(C)CC1N(C)c1ncnc2[nH]ccc12. The van der Waals surface area contributed by atoms with E-state index in [0.717, 1.165) is 16.9 Å². The summed E-state index contributed by atoms with van der Waals surface area (Å²) >= 11 is 0. The van der Waals surface area contributed by atoms with Crippen molar-refractivity contribution in [2.45, 2.75) is 39.7 Å². The fourth-order valence-electron chi connectivity index (χ4n) is 3.67. The van der Waals surface area contributed by atoms with Crippen LogP contribution in [0.2, 0.25) is 0 Å². The predicted molar refractivity (Wildman–Crippen MR) is 78.3 cm³/mol. The fourth-order valence-corrected chi connectivity index (χ4v) is 3.67. The van der Waals surface area contributed by atoms with Crippen molar-refractivity contribution in [3.8, 4) is 0 Å². The number of H-pyrrole nitrogens is 1. The molecule has 2 unspecified atom stereocenters. The quantitative estimate of drug-likeness (QED) is 0.899. The number of anilines is 1. The maximum absolute atomic E-state index is 4.50. The van der Waals surface area contributed by atoms with Crippen molar-refractivity contribution in [3.05, 3.63) is 18.6 Å². The molecule has 1 fully saturated rings. The summed E-state index contributed by atoms with van der Waals surface area (Å²) in [7, 11) is 2.16. The topological polar surface area (TPSA) is 44.8 Å². The molecule has 1 aliphatic carbocycles. The van der Waals surface area contributed by atoms with Gasteiger partial charge in [-0.3, -0.25) is 0 Å². The van der Waals surface area contributed by atoms with Gasteiger partial charge in [0, 0.05) is 19.3 Å². The molecule has 2 aromatic rings. The Labute approximate surface area is 114 Å². The summed E-state index contributed by atoms with van der Waals surface area (Å²) in [4.78, 5) is 14.3. The summed E-state index contributed by atoms with van der Waals surface area (Å²) in [6, 6.07) is 2.62. The third-order valence-electron chi connectivity index (χ3n) is 4.46. The Morgan fingerprint density at radius 1 is 1.32 bits per heavy atom. The number of rotatable bonds is 2. The number of hydrogen-bond donors (Lipinski definition) is 1. The minimum atomic E-state index is 0.433. The van der Waals surface area contributed by atoms with Crippen LogP contribution >= 0.6 is 0 Å². The first-order valence-corrected chi connectivity index (χ1v) is 6.99. The largest absolute Gasteiger partial charge is 0.356 e. The van der Waals surface area contributed by atoms with Crippen LogP contribution in [0, 0.1) is 11.3 Å². The van der Waals surface area contributed by atoms with Crippen molar-refractivity contribution < 1.29 is 0 Å². The number of fused-ring (bicyclic) bond motifs is 1. The highest BCUT2D eigenvalue weighted by Crippen LogP contribution is 2.44. The Morgan fingerprint density at radius 2 is 2.11 bits per heavy atom. The van der Waals surface area contributed by atoms with E-state index >= 15 is 0 Å². The van der Waals surface area contributed by atoms with Crippen LogP contribution in [0.5, 0.6) is 0 Å². The summed E-state index contributed by atoms with van der Waals surface area (Å²) in [6.07, 6.45) is 6.08. The average molecular weight is 258 g/mol. The maximum Gasteiger partial charge on any atom is 0.142 e. The molecule has 2 atom stereocenters. The van der Waals surface area contributed by atoms with Crippen LogP contribution in [0.15, 0.2) is 18.6 Å². The standard InChI is InChI=1S/C15H22N4/c1-10-7-15(2,3)8-12(10)19(4)14-11-5-6-16-13(11)17-9-18-14/h5-6,9-10,12H,7-8H2,1-4H3,(H,16,17,18). The van der Waals surface area contributed by atoms with Gasteiger partial charge in [0.1, 0.15) is 17.8 Å². The molecule has 0 bridgehead atoms. The first kappa shape index (κ1) is 12.5. The van der Waals surface area contributed by atoms with Crippen LogP contribution in [-0.2, 0) is 0 Å². The van der Waals surface area contributed by atoms with Gasteiger partial charge in [0.2, 0.25) is 0 Å². The van der Waals surface area contributed by atoms with Gasteiger partial charge in [-0.15, -0.1) is 0 Å². The van der Waals surface area contributed by atoms with Crippen molar-refractivity contribution >= 4 is 16.9 Å². The lowest BCUT2D eigenvalue weighted by atomic mass is 9.91. The monoisotopic (exact) mass is 258 g/mol. The summed E-state index contributed by atoms with van der Waals surface area (Å²) in [5, 5.41) is 1.11. The minimum Gasteiger partial charge on any atom is -0.356 e. The Kier molecular flexibility index (Phi) is 2.77. The average Bonchev–Trinajstić information content (AvgIpc) is 2.91. The van der Waals surface area contributed by atoms with Crippen molar-refractivity contribution in [2.75, 3.05) is 11.9 Å². The Bertz CT molecular complexity index is 587. The zero-order valence-corrected chi connectivity index (χ0v) is 12.1. The van der Waals surface area contributed by atoms with Crippen molar-refractivity contribution in [2.24, 2.45) is 11.3 Å². The van der Waals surface area contributed by atoms with Crippen LogP contribution in [0.4, 0.5) is 5.82 Å². The second kappa shape index (κ2) is 4.22. The molecule has 1 aliphatic rings. The maximum atomic E-state index is 4.50. The van der Waals surface area contributed by atoms with E-state index in [1.807, 2.05) is 6.20 Å². The molecule has 0 aromatic carbocycles. The first-order valence-electron chi connectivity index (χ1n) is 6.99. The fraction of sp³-hybridized carbons (Fsp3) is 0.600. The highest BCUT2D eigenvalue weighted by atomic mass is 15.2. The molecule has 102 valence electrons. The van der Waals surface area contributed by atoms with E-state index in [1.165, 1.54) is 12.8 Å². The molecule has 1 saturated carbocycles. The van der Waals surface area contributed by atoms with Crippen LogP contribution in [-0.4, -0.2) is 28.0 Å². The molecular formula is C15H22N4. The second-order valence-corrected chi connectivity index (χ2v) is 6.67. The van der Waals surface area contributed by atoms with Crippen LogP contribution < -0.4 is 4.90 Å². The molecular weight excluding hydrogens is 236 g/mol.